The lowest BCUT2D eigenvalue weighted by Crippen LogP contribution is -2.32. The van der Waals surface area contributed by atoms with Crippen molar-refractivity contribution in [3.63, 3.8) is 0 Å². The van der Waals surface area contributed by atoms with Gasteiger partial charge in [-0.15, -0.1) is 0 Å². The van der Waals surface area contributed by atoms with Gasteiger partial charge in [0.2, 0.25) is 0 Å². The molecular weight excluding hydrogens is 400 g/mol. The third-order valence-corrected chi connectivity index (χ3v) is 5.22. The van der Waals surface area contributed by atoms with Crippen molar-refractivity contribution < 1.29 is 9.59 Å². The first-order valence-electron chi connectivity index (χ1n) is 9.43. The molecule has 2 aromatic carbocycles. The summed E-state index contributed by atoms with van der Waals surface area (Å²) in [5.41, 5.74) is 8.53. The number of rotatable bonds is 4. The molecule has 1 heterocycles. The van der Waals surface area contributed by atoms with E-state index in [1.54, 1.807) is 6.07 Å². The Morgan fingerprint density at radius 2 is 1.70 bits per heavy atom. The first-order valence-corrected chi connectivity index (χ1v) is 9.81. The highest BCUT2D eigenvalue weighted by Gasteiger charge is 2.14. The number of hydrazone groups is 1. The van der Waals surface area contributed by atoms with Crippen LogP contribution >= 0.6 is 11.6 Å². The van der Waals surface area contributed by atoms with Gasteiger partial charge < -0.3 is 9.88 Å². The minimum Gasteiger partial charge on any atom is -0.318 e. The van der Waals surface area contributed by atoms with Crippen LogP contribution in [0.4, 0.5) is 5.69 Å². The molecule has 1 aromatic heterocycles. The van der Waals surface area contributed by atoms with E-state index in [-0.39, 0.29) is 0 Å². The molecule has 0 radical (unpaired) electrons. The van der Waals surface area contributed by atoms with Gasteiger partial charge in [0.25, 0.3) is 0 Å². The Labute approximate surface area is 180 Å². The molecule has 6 nitrogen and oxygen atoms in total. The van der Waals surface area contributed by atoms with E-state index in [1.165, 1.54) is 6.21 Å². The van der Waals surface area contributed by atoms with Gasteiger partial charge in [-0.2, -0.15) is 5.10 Å². The largest absolute Gasteiger partial charge is 0.329 e. The Hall–Kier alpha value is -3.38. The molecular formula is C23H23ClN4O2. The first kappa shape index (κ1) is 21.3. The Morgan fingerprint density at radius 3 is 2.40 bits per heavy atom. The van der Waals surface area contributed by atoms with Crippen LogP contribution in [0.1, 0.15) is 28.1 Å². The number of nitrogens with zero attached hydrogens (tertiary/aromatic N) is 2. The molecule has 30 heavy (non-hydrogen) atoms. The smallest absolute Gasteiger partial charge is 0.318 e. The Bertz CT molecular complexity index is 1150. The standard InChI is InChI=1S/C23H23ClN4O2/c1-14-9-10-19(11-15(14)2)26-22(29)23(30)27-25-13-18-12-16(3)28(17(18)4)21-8-6-5-7-20(21)24/h5-13H,1-4H3,(H,26,29)(H,27,30)/b25-13-. The Morgan fingerprint density at radius 1 is 0.967 bits per heavy atom. The topological polar surface area (TPSA) is 75.5 Å². The molecule has 0 bridgehead atoms. The lowest BCUT2D eigenvalue weighted by Gasteiger charge is -2.11. The number of aryl methyl sites for hydroxylation is 3. The monoisotopic (exact) mass is 422 g/mol. The number of anilines is 1. The van der Waals surface area contributed by atoms with Crippen molar-refractivity contribution in [1.82, 2.24) is 9.99 Å². The fraction of sp³-hybridized carbons (Fsp3) is 0.174. The summed E-state index contributed by atoms with van der Waals surface area (Å²) in [4.78, 5) is 24.1. The minimum absolute atomic E-state index is 0.561. The van der Waals surface area contributed by atoms with E-state index in [0.717, 1.165) is 33.8 Å². The van der Waals surface area contributed by atoms with Crippen molar-refractivity contribution in [2.75, 3.05) is 5.32 Å². The van der Waals surface area contributed by atoms with Crippen molar-refractivity contribution in [3.05, 3.63) is 81.6 Å². The highest BCUT2D eigenvalue weighted by molar-refractivity contribution is 6.39. The van der Waals surface area contributed by atoms with Crippen LogP contribution in [0.25, 0.3) is 5.69 Å². The number of aromatic nitrogens is 1. The van der Waals surface area contributed by atoms with Crippen LogP contribution in [0.15, 0.2) is 53.6 Å². The maximum atomic E-state index is 12.1. The summed E-state index contributed by atoms with van der Waals surface area (Å²) in [7, 11) is 0. The van der Waals surface area contributed by atoms with Crippen LogP contribution in [0.5, 0.6) is 0 Å². The van der Waals surface area contributed by atoms with E-state index in [1.807, 2.05) is 74.7 Å². The van der Waals surface area contributed by atoms with E-state index >= 15 is 0 Å². The number of amides is 2. The number of carbonyl (C=O) groups excluding carboxylic acids is 2. The van der Waals surface area contributed by atoms with Gasteiger partial charge in [0, 0.05) is 22.6 Å². The van der Waals surface area contributed by atoms with Crippen molar-refractivity contribution in [1.29, 1.82) is 0 Å². The van der Waals surface area contributed by atoms with Gasteiger partial charge in [-0.25, -0.2) is 5.43 Å². The summed E-state index contributed by atoms with van der Waals surface area (Å²) in [5.74, 6) is -1.62. The lowest BCUT2D eigenvalue weighted by molar-refractivity contribution is -0.136. The summed E-state index contributed by atoms with van der Waals surface area (Å²) in [6.07, 6.45) is 1.51. The number of benzene rings is 2. The minimum atomic E-state index is -0.843. The van der Waals surface area contributed by atoms with Crippen molar-refractivity contribution in [3.8, 4) is 5.69 Å². The van der Waals surface area contributed by atoms with Crippen molar-refractivity contribution >= 4 is 35.3 Å². The van der Waals surface area contributed by atoms with Gasteiger partial charge in [0.1, 0.15) is 0 Å². The molecule has 0 fully saturated rings. The predicted molar refractivity (Wildman–Crippen MR) is 121 cm³/mol. The van der Waals surface area contributed by atoms with E-state index < -0.39 is 11.8 Å². The zero-order chi connectivity index (χ0) is 21.8. The second-order valence-corrected chi connectivity index (χ2v) is 7.47. The summed E-state index contributed by atoms with van der Waals surface area (Å²) < 4.78 is 2.01. The number of para-hydroxylation sites is 1. The molecule has 2 N–H and O–H groups in total. The maximum Gasteiger partial charge on any atom is 0.329 e. The molecule has 3 rings (SSSR count). The van der Waals surface area contributed by atoms with E-state index in [2.05, 4.69) is 15.8 Å². The first-order chi connectivity index (χ1) is 14.3. The molecule has 0 atom stereocenters. The van der Waals surface area contributed by atoms with Gasteiger partial charge in [0.15, 0.2) is 0 Å². The van der Waals surface area contributed by atoms with Crippen LogP contribution in [-0.4, -0.2) is 22.6 Å². The quantitative estimate of drug-likeness (QED) is 0.370. The van der Waals surface area contributed by atoms with Crippen LogP contribution < -0.4 is 10.7 Å². The van der Waals surface area contributed by atoms with E-state index in [4.69, 9.17) is 11.6 Å². The van der Waals surface area contributed by atoms with E-state index in [0.29, 0.717) is 10.7 Å². The Balaban J connectivity index is 1.68. The Kier molecular flexibility index (Phi) is 6.37. The second kappa shape index (κ2) is 8.97. The molecule has 7 heteroatoms. The average molecular weight is 423 g/mol. The zero-order valence-electron chi connectivity index (χ0n) is 17.3. The number of hydrogen-bond acceptors (Lipinski definition) is 3. The lowest BCUT2D eigenvalue weighted by atomic mass is 10.1. The molecule has 0 unspecified atom stereocenters. The zero-order valence-corrected chi connectivity index (χ0v) is 18.0. The fourth-order valence-corrected chi connectivity index (χ4v) is 3.36. The predicted octanol–water partition coefficient (Wildman–Crippen LogP) is 4.45. The van der Waals surface area contributed by atoms with Crippen LogP contribution in [-0.2, 0) is 9.59 Å². The summed E-state index contributed by atoms with van der Waals surface area (Å²) in [6.45, 7) is 7.81. The molecule has 0 spiro atoms. The summed E-state index contributed by atoms with van der Waals surface area (Å²) in [6, 6.07) is 14.9. The third kappa shape index (κ3) is 4.60. The van der Waals surface area contributed by atoms with E-state index in [9.17, 15) is 9.59 Å². The van der Waals surface area contributed by atoms with Crippen LogP contribution in [0.2, 0.25) is 5.02 Å². The highest BCUT2D eigenvalue weighted by Crippen LogP contribution is 2.25. The number of hydrogen-bond donors (Lipinski definition) is 2. The van der Waals surface area contributed by atoms with Gasteiger partial charge in [-0.05, 0) is 69.2 Å². The van der Waals surface area contributed by atoms with Crippen molar-refractivity contribution in [2.45, 2.75) is 27.7 Å². The molecule has 3 aromatic rings. The maximum absolute atomic E-state index is 12.1. The SMILES string of the molecule is Cc1ccc(NC(=O)C(=O)N/N=C\c2cc(C)n(-c3ccccc3Cl)c2C)cc1C. The third-order valence-electron chi connectivity index (χ3n) is 4.90. The molecule has 0 saturated carbocycles. The summed E-state index contributed by atoms with van der Waals surface area (Å²) >= 11 is 6.32. The number of nitrogens with one attached hydrogen (secondary N) is 2. The highest BCUT2D eigenvalue weighted by atomic mass is 35.5. The fourth-order valence-electron chi connectivity index (χ4n) is 3.14. The molecule has 154 valence electrons. The average Bonchev–Trinajstić information content (AvgIpc) is 2.98. The molecule has 0 aliphatic heterocycles. The second-order valence-electron chi connectivity index (χ2n) is 7.07. The molecule has 0 saturated heterocycles. The van der Waals surface area contributed by atoms with Gasteiger partial charge in [-0.3, -0.25) is 9.59 Å². The van der Waals surface area contributed by atoms with Gasteiger partial charge in [-0.1, -0.05) is 29.8 Å². The molecule has 0 aliphatic rings. The summed E-state index contributed by atoms with van der Waals surface area (Å²) in [5, 5.41) is 7.14. The van der Waals surface area contributed by atoms with Crippen molar-refractivity contribution in [2.24, 2.45) is 5.10 Å². The van der Waals surface area contributed by atoms with Gasteiger partial charge in [0.05, 0.1) is 16.9 Å². The van der Waals surface area contributed by atoms with Crippen LogP contribution in [0.3, 0.4) is 0 Å². The normalized spacial score (nSPS) is 11.0. The van der Waals surface area contributed by atoms with Gasteiger partial charge >= 0.3 is 11.8 Å². The molecule has 0 aliphatic carbocycles. The molecule has 2 amide bonds. The number of carbonyl (C=O) groups is 2. The van der Waals surface area contributed by atoms with Crippen LogP contribution in [0, 0.1) is 27.7 Å². The number of halogens is 1.